The maximum atomic E-state index is 12.6. The molecule has 0 aliphatic heterocycles. The van der Waals surface area contributed by atoms with Crippen LogP contribution in [0.3, 0.4) is 0 Å². The largest absolute Gasteiger partial charge is 0.487 e. The second-order valence-corrected chi connectivity index (χ2v) is 7.76. The summed E-state index contributed by atoms with van der Waals surface area (Å²) in [5.74, 6) is -0.237. The van der Waals surface area contributed by atoms with Crippen LogP contribution in [0, 0.1) is 0 Å². The molecule has 2 aromatic carbocycles. The molecule has 3 aromatic rings. The number of ether oxygens (including phenoxy) is 2. The number of methoxy groups -OCH3 is 1. The number of anilines is 1. The lowest BCUT2D eigenvalue weighted by Gasteiger charge is -2.14. The van der Waals surface area contributed by atoms with Crippen LogP contribution >= 0.6 is 11.8 Å². The summed E-state index contributed by atoms with van der Waals surface area (Å²) in [4.78, 5) is 43.5. The predicted molar refractivity (Wildman–Crippen MR) is 117 cm³/mol. The van der Waals surface area contributed by atoms with Crippen LogP contribution in [0.1, 0.15) is 23.0 Å². The Bertz CT molecular complexity index is 1120. The molecule has 0 bridgehead atoms. The molecule has 1 unspecified atom stereocenters. The van der Waals surface area contributed by atoms with Gasteiger partial charge in [0.25, 0.3) is 5.56 Å². The van der Waals surface area contributed by atoms with Gasteiger partial charge in [-0.1, -0.05) is 42.1 Å². The first-order valence-electron chi connectivity index (χ1n) is 9.39. The minimum absolute atomic E-state index is 0.120. The van der Waals surface area contributed by atoms with Crippen molar-refractivity contribution in [3.8, 4) is 5.75 Å². The van der Waals surface area contributed by atoms with Gasteiger partial charge in [0.1, 0.15) is 12.4 Å². The normalized spacial score (nSPS) is 11.4. The van der Waals surface area contributed by atoms with Crippen molar-refractivity contribution >= 4 is 29.3 Å². The Labute approximate surface area is 183 Å². The fourth-order valence-corrected chi connectivity index (χ4v) is 3.45. The van der Waals surface area contributed by atoms with Crippen LogP contribution in [-0.4, -0.2) is 34.2 Å². The Morgan fingerprint density at radius 3 is 2.58 bits per heavy atom. The first-order chi connectivity index (χ1) is 15.0. The third-order valence-electron chi connectivity index (χ3n) is 4.15. The number of carbonyl (C=O) groups excluding carboxylic acids is 2. The zero-order valence-electron chi connectivity index (χ0n) is 17.0. The molecule has 8 nitrogen and oxygen atoms in total. The van der Waals surface area contributed by atoms with Gasteiger partial charge in [0.2, 0.25) is 5.91 Å². The molecule has 31 heavy (non-hydrogen) atoms. The second kappa shape index (κ2) is 10.4. The number of hydrogen-bond acceptors (Lipinski definition) is 7. The highest BCUT2D eigenvalue weighted by Crippen LogP contribution is 2.22. The molecule has 0 spiro atoms. The molecule has 9 heteroatoms. The van der Waals surface area contributed by atoms with Crippen LogP contribution in [0.15, 0.2) is 70.6 Å². The molecule has 0 fully saturated rings. The van der Waals surface area contributed by atoms with E-state index >= 15 is 0 Å². The molecule has 160 valence electrons. The van der Waals surface area contributed by atoms with E-state index in [-0.39, 0.29) is 23.6 Å². The van der Waals surface area contributed by atoms with Gasteiger partial charge < -0.3 is 19.8 Å². The van der Waals surface area contributed by atoms with Crippen LogP contribution in [0.25, 0.3) is 0 Å². The zero-order chi connectivity index (χ0) is 22.2. The van der Waals surface area contributed by atoms with E-state index in [2.05, 4.69) is 15.3 Å². The van der Waals surface area contributed by atoms with Crippen LogP contribution in [-0.2, 0) is 16.1 Å². The molecule has 1 aromatic heterocycles. The number of aromatic nitrogens is 2. The summed E-state index contributed by atoms with van der Waals surface area (Å²) in [6.45, 7) is 1.79. The Hall–Kier alpha value is -3.59. The van der Waals surface area contributed by atoms with Gasteiger partial charge in [-0.3, -0.25) is 9.59 Å². The summed E-state index contributed by atoms with van der Waals surface area (Å²) in [5.41, 5.74) is 0.701. The molecule has 1 amide bonds. The van der Waals surface area contributed by atoms with Crippen molar-refractivity contribution in [2.75, 3.05) is 12.4 Å². The first kappa shape index (κ1) is 22.1. The zero-order valence-corrected chi connectivity index (χ0v) is 17.8. The number of para-hydroxylation sites is 2. The van der Waals surface area contributed by atoms with Crippen molar-refractivity contribution in [3.63, 3.8) is 0 Å². The van der Waals surface area contributed by atoms with Gasteiger partial charge in [-0.15, -0.1) is 0 Å². The lowest BCUT2D eigenvalue weighted by molar-refractivity contribution is -0.115. The minimum Gasteiger partial charge on any atom is -0.487 e. The van der Waals surface area contributed by atoms with Crippen LogP contribution in [0.5, 0.6) is 5.75 Å². The average molecular weight is 439 g/mol. The van der Waals surface area contributed by atoms with E-state index in [1.165, 1.54) is 13.2 Å². The van der Waals surface area contributed by atoms with Crippen LogP contribution in [0.2, 0.25) is 0 Å². The summed E-state index contributed by atoms with van der Waals surface area (Å²) in [6, 6.07) is 17.1. The van der Waals surface area contributed by atoms with E-state index in [4.69, 9.17) is 9.47 Å². The molecule has 1 atom stereocenters. The lowest BCUT2D eigenvalue weighted by atomic mass is 10.2. The molecule has 0 saturated heterocycles. The summed E-state index contributed by atoms with van der Waals surface area (Å²) in [7, 11) is 1.27. The van der Waals surface area contributed by atoms with Crippen molar-refractivity contribution < 1.29 is 19.1 Å². The number of esters is 1. The number of carbonyl (C=O) groups is 2. The molecule has 3 rings (SSSR count). The SMILES string of the molecule is COC(=O)c1ccccc1NC(=O)C(C)Sc1nc(COc2ccccc2)cc(=O)[nH]1. The topological polar surface area (TPSA) is 110 Å². The lowest BCUT2D eigenvalue weighted by Crippen LogP contribution is -2.24. The molecule has 0 aliphatic rings. The average Bonchev–Trinajstić information content (AvgIpc) is 2.78. The smallest absolute Gasteiger partial charge is 0.339 e. The minimum atomic E-state index is -0.598. The van der Waals surface area contributed by atoms with E-state index in [1.807, 2.05) is 18.2 Å². The quantitative estimate of drug-likeness (QED) is 0.315. The molecule has 0 aliphatic carbocycles. The number of hydrogen-bond donors (Lipinski definition) is 2. The predicted octanol–water partition coefficient (Wildman–Crippen LogP) is 3.25. The maximum Gasteiger partial charge on any atom is 0.339 e. The van der Waals surface area contributed by atoms with Gasteiger partial charge in [0.15, 0.2) is 5.16 Å². The Morgan fingerprint density at radius 2 is 1.84 bits per heavy atom. The highest BCUT2D eigenvalue weighted by atomic mass is 32.2. The molecule has 2 N–H and O–H groups in total. The third-order valence-corrected chi connectivity index (χ3v) is 5.14. The Balaban J connectivity index is 1.67. The van der Waals surface area contributed by atoms with Crippen molar-refractivity contribution in [1.29, 1.82) is 0 Å². The van der Waals surface area contributed by atoms with E-state index in [9.17, 15) is 14.4 Å². The number of rotatable bonds is 8. The summed E-state index contributed by atoms with van der Waals surface area (Å²) in [5, 5.41) is 2.41. The van der Waals surface area contributed by atoms with E-state index in [1.54, 1.807) is 43.3 Å². The van der Waals surface area contributed by atoms with Crippen molar-refractivity contribution in [1.82, 2.24) is 9.97 Å². The van der Waals surface area contributed by atoms with Crippen molar-refractivity contribution in [3.05, 3.63) is 82.3 Å². The van der Waals surface area contributed by atoms with Gasteiger partial charge in [-0.25, -0.2) is 9.78 Å². The monoisotopic (exact) mass is 439 g/mol. The fourth-order valence-electron chi connectivity index (χ4n) is 2.62. The summed E-state index contributed by atoms with van der Waals surface area (Å²) >= 11 is 1.09. The third kappa shape index (κ3) is 6.19. The van der Waals surface area contributed by atoms with E-state index in [0.717, 1.165) is 11.8 Å². The highest BCUT2D eigenvalue weighted by Gasteiger charge is 2.19. The van der Waals surface area contributed by atoms with Crippen LogP contribution < -0.4 is 15.6 Å². The number of thioether (sulfide) groups is 1. The molecule has 0 radical (unpaired) electrons. The van der Waals surface area contributed by atoms with Crippen molar-refractivity contribution in [2.45, 2.75) is 23.9 Å². The van der Waals surface area contributed by atoms with Gasteiger partial charge in [0, 0.05) is 6.07 Å². The number of H-pyrrole nitrogens is 1. The van der Waals surface area contributed by atoms with Gasteiger partial charge in [0.05, 0.1) is 29.3 Å². The summed E-state index contributed by atoms with van der Waals surface area (Å²) < 4.78 is 10.4. The number of nitrogens with zero attached hydrogens (tertiary/aromatic N) is 1. The van der Waals surface area contributed by atoms with Gasteiger partial charge in [-0.2, -0.15) is 0 Å². The maximum absolute atomic E-state index is 12.6. The number of amides is 1. The molecular formula is C22H21N3O5S. The van der Waals surface area contributed by atoms with E-state index < -0.39 is 11.2 Å². The standard InChI is InChI=1S/C22H21N3O5S/c1-14(20(27)24-18-11-7-6-10-17(18)21(28)29-2)31-22-23-15(12-19(26)25-22)13-30-16-8-4-3-5-9-16/h3-12,14H,13H2,1-2H3,(H,24,27)(H,23,25,26). The van der Waals surface area contributed by atoms with Gasteiger partial charge >= 0.3 is 5.97 Å². The summed E-state index contributed by atoms with van der Waals surface area (Å²) in [6.07, 6.45) is 0. The fraction of sp³-hybridized carbons (Fsp3) is 0.182. The molecular weight excluding hydrogens is 418 g/mol. The molecule has 0 saturated carbocycles. The second-order valence-electron chi connectivity index (χ2n) is 6.43. The number of aromatic amines is 1. The molecule has 1 heterocycles. The van der Waals surface area contributed by atoms with Crippen molar-refractivity contribution in [2.24, 2.45) is 0 Å². The van der Waals surface area contributed by atoms with Gasteiger partial charge in [-0.05, 0) is 31.2 Å². The Morgan fingerprint density at radius 1 is 1.13 bits per heavy atom. The van der Waals surface area contributed by atoms with E-state index in [0.29, 0.717) is 22.3 Å². The highest BCUT2D eigenvalue weighted by molar-refractivity contribution is 8.00. The number of benzene rings is 2. The Kier molecular flexibility index (Phi) is 7.45. The number of nitrogens with one attached hydrogen (secondary N) is 2. The van der Waals surface area contributed by atoms with Crippen LogP contribution in [0.4, 0.5) is 5.69 Å². The first-order valence-corrected chi connectivity index (χ1v) is 10.3.